The van der Waals surface area contributed by atoms with Crippen LogP contribution >= 0.6 is 31.9 Å². The lowest BCUT2D eigenvalue weighted by molar-refractivity contribution is 0.231. The Morgan fingerprint density at radius 2 is 2.06 bits per heavy atom. The van der Waals surface area contributed by atoms with E-state index in [-0.39, 0.29) is 0 Å². The lowest BCUT2D eigenvalue weighted by Gasteiger charge is -2.14. The predicted octanol–water partition coefficient (Wildman–Crippen LogP) is 3.08. The lowest BCUT2D eigenvalue weighted by atomic mass is 10.4. The van der Waals surface area contributed by atoms with E-state index in [1.165, 1.54) is 25.9 Å². The van der Waals surface area contributed by atoms with Gasteiger partial charge in [0, 0.05) is 17.2 Å². The van der Waals surface area contributed by atoms with E-state index in [1.807, 2.05) is 6.07 Å². The van der Waals surface area contributed by atoms with Gasteiger partial charge in [-0.2, -0.15) is 0 Å². The largest absolute Gasteiger partial charge is 0.476 e. The Labute approximate surface area is 112 Å². The molecule has 0 amide bonds. The van der Waals surface area contributed by atoms with Crippen LogP contribution in [0.25, 0.3) is 0 Å². The summed E-state index contributed by atoms with van der Waals surface area (Å²) < 4.78 is 7.48. The first-order valence-corrected chi connectivity index (χ1v) is 7.00. The topological polar surface area (TPSA) is 25.4 Å². The summed E-state index contributed by atoms with van der Waals surface area (Å²) in [4.78, 5) is 6.63. The standard InChI is InChI=1S/C11H14Br2N2O/c12-9-7-10(13)11(14-8-9)16-6-5-15-3-1-2-4-15/h7-8H,1-6H2. The van der Waals surface area contributed by atoms with Crippen molar-refractivity contribution in [3.8, 4) is 5.88 Å². The fraction of sp³-hybridized carbons (Fsp3) is 0.545. The van der Waals surface area contributed by atoms with E-state index in [2.05, 4.69) is 41.7 Å². The van der Waals surface area contributed by atoms with E-state index in [0.717, 1.165) is 15.5 Å². The highest BCUT2D eigenvalue weighted by Crippen LogP contribution is 2.25. The fourth-order valence-corrected chi connectivity index (χ4v) is 2.89. The molecule has 2 heterocycles. The van der Waals surface area contributed by atoms with Crippen molar-refractivity contribution in [3.05, 3.63) is 21.2 Å². The van der Waals surface area contributed by atoms with E-state index in [4.69, 9.17) is 4.74 Å². The van der Waals surface area contributed by atoms with Gasteiger partial charge >= 0.3 is 0 Å². The Morgan fingerprint density at radius 1 is 1.31 bits per heavy atom. The quantitative estimate of drug-likeness (QED) is 0.835. The van der Waals surface area contributed by atoms with Crippen molar-refractivity contribution in [1.82, 2.24) is 9.88 Å². The molecule has 0 unspecified atom stereocenters. The summed E-state index contributed by atoms with van der Waals surface area (Å²) in [6.45, 7) is 4.11. The third-order valence-electron chi connectivity index (χ3n) is 2.62. The maximum atomic E-state index is 5.63. The number of halogens is 2. The van der Waals surface area contributed by atoms with Crippen molar-refractivity contribution in [2.45, 2.75) is 12.8 Å². The van der Waals surface area contributed by atoms with Gasteiger partial charge in [0.25, 0.3) is 0 Å². The van der Waals surface area contributed by atoms with Crippen LogP contribution in [0.15, 0.2) is 21.2 Å². The van der Waals surface area contributed by atoms with Crippen LogP contribution in [0, 0.1) is 0 Å². The average molecular weight is 350 g/mol. The zero-order valence-corrected chi connectivity index (χ0v) is 12.1. The van der Waals surface area contributed by atoms with Crippen molar-refractivity contribution in [3.63, 3.8) is 0 Å². The molecule has 1 aromatic heterocycles. The molecule has 16 heavy (non-hydrogen) atoms. The van der Waals surface area contributed by atoms with E-state index in [0.29, 0.717) is 12.5 Å². The minimum atomic E-state index is 0.669. The van der Waals surface area contributed by atoms with Crippen molar-refractivity contribution < 1.29 is 4.74 Å². The second kappa shape index (κ2) is 5.98. The maximum absolute atomic E-state index is 5.63. The van der Waals surface area contributed by atoms with Gasteiger partial charge < -0.3 is 4.74 Å². The molecule has 3 nitrogen and oxygen atoms in total. The second-order valence-electron chi connectivity index (χ2n) is 3.84. The van der Waals surface area contributed by atoms with Gasteiger partial charge in [0.1, 0.15) is 6.61 Å². The van der Waals surface area contributed by atoms with Gasteiger partial charge in [-0.3, -0.25) is 4.90 Å². The molecule has 0 N–H and O–H groups in total. The Bertz CT molecular complexity index is 354. The number of likely N-dealkylation sites (tertiary alicyclic amines) is 1. The molecular formula is C11H14Br2N2O. The molecule has 1 aliphatic rings. The Balaban J connectivity index is 1.80. The van der Waals surface area contributed by atoms with Gasteiger partial charge in [-0.05, 0) is 63.9 Å². The third-order valence-corrected chi connectivity index (χ3v) is 3.62. The minimum Gasteiger partial charge on any atom is -0.476 e. The molecule has 0 saturated carbocycles. The highest BCUT2D eigenvalue weighted by atomic mass is 79.9. The maximum Gasteiger partial charge on any atom is 0.228 e. The normalized spacial score (nSPS) is 16.6. The van der Waals surface area contributed by atoms with Crippen LogP contribution in [0.5, 0.6) is 5.88 Å². The van der Waals surface area contributed by atoms with Gasteiger partial charge in [-0.25, -0.2) is 4.98 Å². The summed E-state index contributed by atoms with van der Waals surface area (Å²) in [5.41, 5.74) is 0. The number of hydrogen-bond acceptors (Lipinski definition) is 3. The summed E-state index contributed by atoms with van der Waals surface area (Å²) in [7, 11) is 0. The average Bonchev–Trinajstić information content (AvgIpc) is 2.74. The first-order valence-electron chi connectivity index (χ1n) is 5.42. The first-order chi connectivity index (χ1) is 7.75. The molecule has 1 saturated heterocycles. The van der Waals surface area contributed by atoms with Gasteiger partial charge in [-0.1, -0.05) is 0 Å². The van der Waals surface area contributed by atoms with Crippen LogP contribution in [0.2, 0.25) is 0 Å². The van der Waals surface area contributed by atoms with Crippen LogP contribution in [-0.2, 0) is 0 Å². The minimum absolute atomic E-state index is 0.669. The van der Waals surface area contributed by atoms with Crippen LogP contribution in [0.3, 0.4) is 0 Å². The number of hydrogen-bond donors (Lipinski definition) is 0. The SMILES string of the molecule is Brc1cnc(OCCN2CCCC2)c(Br)c1. The molecule has 0 spiro atoms. The summed E-state index contributed by atoms with van der Waals surface area (Å²) >= 11 is 6.79. The van der Waals surface area contributed by atoms with Gasteiger partial charge in [0.15, 0.2) is 0 Å². The number of rotatable bonds is 4. The number of aromatic nitrogens is 1. The second-order valence-corrected chi connectivity index (χ2v) is 5.61. The van der Waals surface area contributed by atoms with Crippen LogP contribution < -0.4 is 4.74 Å². The Kier molecular flexibility index (Phi) is 4.61. The molecule has 2 rings (SSSR count). The van der Waals surface area contributed by atoms with Crippen LogP contribution in [0.4, 0.5) is 0 Å². The predicted molar refractivity (Wildman–Crippen MR) is 70.8 cm³/mol. The molecule has 0 aliphatic carbocycles. The highest BCUT2D eigenvalue weighted by molar-refractivity contribution is 9.11. The molecule has 5 heteroatoms. The highest BCUT2D eigenvalue weighted by Gasteiger charge is 2.11. The zero-order chi connectivity index (χ0) is 11.4. The van der Waals surface area contributed by atoms with Crippen LogP contribution in [-0.4, -0.2) is 36.1 Å². The van der Waals surface area contributed by atoms with Crippen molar-refractivity contribution in [2.24, 2.45) is 0 Å². The molecule has 1 fully saturated rings. The Morgan fingerprint density at radius 3 is 2.75 bits per heavy atom. The monoisotopic (exact) mass is 348 g/mol. The number of ether oxygens (including phenoxy) is 1. The summed E-state index contributed by atoms with van der Waals surface area (Å²) in [6, 6.07) is 1.94. The van der Waals surface area contributed by atoms with E-state index >= 15 is 0 Å². The smallest absolute Gasteiger partial charge is 0.228 e. The lowest BCUT2D eigenvalue weighted by Crippen LogP contribution is -2.25. The fourth-order valence-electron chi connectivity index (χ4n) is 1.79. The Hall–Kier alpha value is -0.130. The number of nitrogens with zero attached hydrogens (tertiary/aromatic N) is 2. The van der Waals surface area contributed by atoms with E-state index in [1.54, 1.807) is 6.20 Å². The molecule has 0 radical (unpaired) electrons. The first kappa shape index (κ1) is 12.3. The van der Waals surface area contributed by atoms with Crippen molar-refractivity contribution in [2.75, 3.05) is 26.2 Å². The van der Waals surface area contributed by atoms with E-state index in [9.17, 15) is 0 Å². The summed E-state index contributed by atoms with van der Waals surface area (Å²) in [5.74, 6) is 0.669. The van der Waals surface area contributed by atoms with Gasteiger partial charge in [0.2, 0.25) is 5.88 Å². The molecule has 88 valence electrons. The number of pyridine rings is 1. The van der Waals surface area contributed by atoms with Gasteiger partial charge in [-0.15, -0.1) is 0 Å². The van der Waals surface area contributed by atoms with Crippen molar-refractivity contribution in [1.29, 1.82) is 0 Å². The van der Waals surface area contributed by atoms with Gasteiger partial charge in [0.05, 0.1) is 4.47 Å². The summed E-state index contributed by atoms with van der Waals surface area (Å²) in [5, 5.41) is 0. The molecule has 1 aromatic rings. The molecule has 0 bridgehead atoms. The third kappa shape index (κ3) is 3.43. The zero-order valence-electron chi connectivity index (χ0n) is 8.96. The molecule has 1 aliphatic heterocycles. The van der Waals surface area contributed by atoms with Crippen LogP contribution in [0.1, 0.15) is 12.8 Å². The molecule has 0 atom stereocenters. The molecule has 0 aromatic carbocycles. The summed E-state index contributed by atoms with van der Waals surface area (Å²) in [6.07, 6.45) is 4.39. The van der Waals surface area contributed by atoms with Crippen molar-refractivity contribution >= 4 is 31.9 Å². The molecular weight excluding hydrogens is 336 g/mol. The van der Waals surface area contributed by atoms with E-state index < -0.39 is 0 Å².